The summed E-state index contributed by atoms with van der Waals surface area (Å²) in [7, 11) is 0. The van der Waals surface area contributed by atoms with E-state index in [1.807, 2.05) is 0 Å². The highest BCUT2D eigenvalue weighted by Crippen LogP contribution is 2.21. The van der Waals surface area contributed by atoms with Gasteiger partial charge in [-0.05, 0) is 49.9 Å². The quantitative estimate of drug-likeness (QED) is 0.652. The fourth-order valence-electron chi connectivity index (χ4n) is 2.10. The first-order valence-electron chi connectivity index (χ1n) is 6.22. The minimum atomic E-state index is 0.0297. The van der Waals surface area contributed by atoms with Crippen molar-refractivity contribution in [3.8, 4) is 0 Å². The van der Waals surface area contributed by atoms with Crippen molar-refractivity contribution in [2.24, 2.45) is 5.92 Å². The Hall–Kier alpha value is -1.90. The fraction of sp³-hybridized carbons (Fsp3) is 0.333. The van der Waals surface area contributed by atoms with Gasteiger partial charge in [0.2, 0.25) is 5.91 Å². The van der Waals surface area contributed by atoms with Crippen LogP contribution in [0, 0.1) is 5.92 Å². The molecule has 1 N–H and O–H groups in total. The average molecular weight is 243 g/mol. The van der Waals surface area contributed by atoms with Gasteiger partial charge in [-0.25, -0.2) is 0 Å². The number of allylic oxidation sites excluding steroid dienone is 2. The molecule has 0 fully saturated rings. The van der Waals surface area contributed by atoms with E-state index in [0.29, 0.717) is 17.9 Å². The van der Waals surface area contributed by atoms with Crippen LogP contribution in [0.5, 0.6) is 0 Å². The molecule has 0 aliphatic heterocycles. The first kappa shape index (κ1) is 12.6. The number of amides is 1. The summed E-state index contributed by atoms with van der Waals surface area (Å²) in [5.41, 5.74) is 1.40. The molecule has 1 aliphatic rings. The van der Waals surface area contributed by atoms with E-state index in [1.165, 1.54) is 6.92 Å². The van der Waals surface area contributed by atoms with Gasteiger partial charge in [-0.15, -0.1) is 0 Å². The van der Waals surface area contributed by atoms with Gasteiger partial charge in [0.25, 0.3) is 0 Å². The minimum absolute atomic E-state index is 0.0297. The van der Waals surface area contributed by atoms with Crippen molar-refractivity contribution in [3.05, 3.63) is 42.0 Å². The second-order valence-electron chi connectivity index (χ2n) is 4.65. The lowest BCUT2D eigenvalue weighted by atomic mass is 10.0. The van der Waals surface area contributed by atoms with E-state index in [1.54, 1.807) is 24.3 Å². The normalized spacial score (nSPS) is 17.7. The van der Waals surface area contributed by atoms with Crippen molar-refractivity contribution in [2.45, 2.75) is 26.2 Å². The molecular formula is C15H17NO2. The summed E-state index contributed by atoms with van der Waals surface area (Å²) in [5, 5.41) is 2.85. The summed E-state index contributed by atoms with van der Waals surface area (Å²) < 4.78 is 0. The molecule has 3 heteroatoms. The highest BCUT2D eigenvalue weighted by Gasteiger charge is 2.13. The first-order chi connectivity index (χ1) is 8.65. The number of rotatable bonds is 4. The van der Waals surface area contributed by atoms with E-state index in [9.17, 15) is 9.59 Å². The topological polar surface area (TPSA) is 46.2 Å². The molecule has 0 saturated heterocycles. The van der Waals surface area contributed by atoms with Gasteiger partial charge in [0.15, 0.2) is 5.78 Å². The first-order valence-corrected chi connectivity index (χ1v) is 6.22. The number of anilines is 1. The zero-order chi connectivity index (χ0) is 13.0. The number of hydrogen-bond acceptors (Lipinski definition) is 2. The fourth-order valence-corrected chi connectivity index (χ4v) is 2.10. The summed E-state index contributed by atoms with van der Waals surface area (Å²) in [4.78, 5) is 22.9. The van der Waals surface area contributed by atoms with Crippen LogP contribution >= 0.6 is 0 Å². The summed E-state index contributed by atoms with van der Waals surface area (Å²) in [6.45, 7) is 1.53. The average Bonchev–Trinajstić information content (AvgIpc) is 2.82. The Labute approximate surface area is 107 Å². The molecule has 1 aromatic carbocycles. The van der Waals surface area contributed by atoms with E-state index in [2.05, 4.69) is 17.5 Å². The smallest absolute Gasteiger partial charge is 0.224 e. The molecule has 0 saturated carbocycles. The van der Waals surface area contributed by atoms with Crippen LogP contribution in [-0.4, -0.2) is 11.7 Å². The standard InChI is InChI=1S/C15H17NO2/c1-11(17)13-6-8-14(9-7-13)16-15(18)10-12-4-2-3-5-12/h2,4,6-9,12H,3,5,10H2,1H3,(H,16,18)/t12-/m1/s1. The SMILES string of the molecule is CC(=O)c1ccc(NC(=O)C[C@@H]2C=CCC2)cc1. The highest BCUT2D eigenvalue weighted by molar-refractivity contribution is 5.95. The van der Waals surface area contributed by atoms with Crippen LogP contribution in [0.25, 0.3) is 0 Å². The number of nitrogens with one attached hydrogen (secondary N) is 1. The maximum absolute atomic E-state index is 11.8. The molecule has 1 atom stereocenters. The third-order valence-electron chi connectivity index (χ3n) is 3.14. The van der Waals surface area contributed by atoms with Crippen LogP contribution < -0.4 is 5.32 Å². The van der Waals surface area contributed by atoms with Gasteiger partial charge in [-0.2, -0.15) is 0 Å². The molecule has 3 nitrogen and oxygen atoms in total. The van der Waals surface area contributed by atoms with E-state index in [4.69, 9.17) is 0 Å². The third-order valence-corrected chi connectivity index (χ3v) is 3.14. The van der Waals surface area contributed by atoms with Crippen molar-refractivity contribution in [1.29, 1.82) is 0 Å². The number of hydrogen-bond donors (Lipinski definition) is 1. The number of benzene rings is 1. The molecule has 1 aliphatic carbocycles. The lowest BCUT2D eigenvalue weighted by molar-refractivity contribution is -0.116. The molecule has 1 aromatic rings. The molecule has 0 spiro atoms. The molecule has 0 bridgehead atoms. The van der Waals surface area contributed by atoms with Crippen molar-refractivity contribution in [2.75, 3.05) is 5.32 Å². The monoisotopic (exact) mass is 243 g/mol. The lowest BCUT2D eigenvalue weighted by Gasteiger charge is -2.08. The molecule has 0 unspecified atom stereocenters. The Morgan fingerprint density at radius 1 is 1.28 bits per heavy atom. The van der Waals surface area contributed by atoms with Crippen LogP contribution in [0.1, 0.15) is 36.5 Å². The van der Waals surface area contributed by atoms with Crippen molar-refractivity contribution >= 4 is 17.4 Å². The summed E-state index contributed by atoms with van der Waals surface area (Å²) in [5.74, 6) is 0.438. The number of Topliss-reactive ketones (excluding diaryl/α,β-unsaturated/α-hetero) is 1. The van der Waals surface area contributed by atoms with Gasteiger partial charge >= 0.3 is 0 Å². The summed E-state index contributed by atoms with van der Waals surface area (Å²) in [6, 6.07) is 6.99. The Bertz CT molecular complexity index is 474. The van der Waals surface area contributed by atoms with E-state index in [-0.39, 0.29) is 11.7 Å². The molecule has 2 rings (SSSR count). The Morgan fingerprint density at radius 2 is 2.00 bits per heavy atom. The second kappa shape index (κ2) is 5.63. The molecule has 0 aromatic heterocycles. The summed E-state index contributed by atoms with van der Waals surface area (Å²) >= 11 is 0. The third kappa shape index (κ3) is 3.29. The molecule has 1 amide bonds. The Morgan fingerprint density at radius 3 is 2.56 bits per heavy atom. The zero-order valence-corrected chi connectivity index (χ0v) is 10.5. The van der Waals surface area contributed by atoms with Gasteiger partial charge in [0.1, 0.15) is 0 Å². The maximum atomic E-state index is 11.8. The minimum Gasteiger partial charge on any atom is -0.326 e. The second-order valence-corrected chi connectivity index (χ2v) is 4.65. The van der Waals surface area contributed by atoms with E-state index >= 15 is 0 Å². The molecule has 0 radical (unpaired) electrons. The highest BCUT2D eigenvalue weighted by atomic mass is 16.1. The number of carbonyl (C=O) groups is 2. The van der Waals surface area contributed by atoms with Crippen LogP contribution in [0.15, 0.2) is 36.4 Å². The van der Waals surface area contributed by atoms with Crippen molar-refractivity contribution in [1.82, 2.24) is 0 Å². The number of ketones is 1. The van der Waals surface area contributed by atoms with Crippen LogP contribution in [-0.2, 0) is 4.79 Å². The molecule has 0 heterocycles. The molecular weight excluding hydrogens is 226 g/mol. The van der Waals surface area contributed by atoms with Crippen LogP contribution in [0.4, 0.5) is 5.69 Å². The largest absolute Gasteiger partial charge is 0.326 e. The van der Waals surface area contributed by atoms with Crippen LogP contribution in [0.3, 0.4) is 0 Å². The van der Waals surface area contributed by atoms with Gasteiger partial charge in [-0.3, -0.25) is 9.59 Å². The van der Waals surface area contributed by atoms with Crippen molar-refractivity contribution < 1.29 is 9.59 Å². The Balaban J connectivity index is 1.90. The van der Waals surface area contributed by atoms with E-state index < -0.39 is 0 Å². The van der Waals surface area contributed by atoms with Gasteiger partial charge in [0, 0.05) is 17.7 Å². The lowest BCUT2D eigenvalue weighted by Crippen LogP contribution is -2.14. The Kier molecular flexibility index (Phi) is 3.92. The predicted octanol–water partition coefficient (Wildman–Crippen LogP) is 3.18. The van der Waals surface area contributed by atoms with Gasteiger partial charge in [-0.1, -0.05) is 12.2 Å². The zero-order valence-electron chi connectivity index (χ0n) is 10.5. The molecule has 94 valence electrons. The van der Waals surface area contributed by atoms with Crippen LogP contribution in [0.2, 0.25) is 0 Å². The van der Waals surface area contributed by atoms with Gasteiger partial charge in [0.05, 0.1) is 0 Å². The van der Waals surface area contributed by atoms with Gasteiger partial charge < -0.3 is 5.32 Å². The summed E-state index contributed by atoms with van der Waals surface area (Å²) in [6.07, 6.45) is 6.91. The number of carbonyl (C=O) groups excluding carboxylic acids is 2. The maximum Gasteiger partial charge on any atom is 0.224 e. The predicted molar refractivity (Wildman–Crippen MR) is 71.6 cm³/mol. The molecule has 18 heavy (non-hydrogen) atoms. The van der Waals surface area contributed by atoms with E-state index in [0.717, 1.165) is 18.5 Å². The van der Waals surface area contributed by atoms with Crippen molar-refractivity contribution in [3.63, 3.8) is 0 Å².